The van der Waals surface area contributed by atoms with Crippen molar-refractivity contribution in [3.63, 3.8) is 0 Å². The first-order valence-electron chi connectivity index (χ1n) is 7.27. The van der Waals surface area contributed by atoms with E-state index in [1.807, 2.05) is 24.3 Å². The molecule has 0 aromatic heterocycles. The highest BCUT2D eigenvalue weighted by molar-refractivity contribution is 6.07. The van der Waals surface area contributed by atoms with Crippen LogP contribution in [0.4, 0.5) is 4.79 Å². The summed E-state index contributed by atoms with van der Waals surface area (Å²) in [6.45, 7) is 1.58. The Labute approximate surface area is 122 Å². The number of nitrogens with one attached hydrogen (secondary N) is 2. The summed E-state index contributed by atoms with van der Waals surface area (Å²) < 4.78 is 5.83. The smallest absolute Gasteiger partial charge is 0.325 e. The molecule has 21 heavy (non-hydrogen) atoms. The van der Waals surface area contributed by atoms with Crippen LogP contribution in [0.15, 0.2) is 24.3 Å². The van der Waals surface area contributed by atoms with E-state index in [1.165, 1.54) is 4.90 Å². The van der Waals surface area contributed by atoms with E-state index in [0.717, 1.165) is 24.3 Å². The van der Waals surface area contributed by atoms with Crippen molar-refractivity contribution in [2.45, 2.75) is 24.5 Å². The van der Waals surface area contributed by atoms with Gasteiger partial charge >= 0.3 is 6.03 Å². The van der Waals surface area contributed by atoms with Crippen LogP contribution in [-0.2, 0) is 11.2 Å². The zero-order valence-electron chi connectivity index (χ0n) is 11.6. The zero-order valence-corrected chi connectivity index (χ0v) is 11.6. The van der Waals surface area contributed by atoms with E-state index in [2.05, 4.69) is 10.6 Å². The molecule has 110 valence electrons. The maximum atomic E-state index is 12.5. The normalized spacial score (nSPS) is 30.7. The van der Waals surface area contributed by atoms with Gasteiger partial charge in [-0.15, -0.1) is 0 Å². The molecular formula is C15H17N3O3. The topological polar surface area (TPSA) is 70.7 Å². The first-order chi connectivity index (χ1) is 10.2. The van der Waals surface area contributed by atoms with Gasteiger partial charge in [-0.05, 0) is 24.6 Å². The van der Waals surface area contributed by atoms with E-state index in [4.69, 9.17) is 4.74 Å². The Kier molecular flexibility index (Phi) is 2.68. The molecule has 6 heteroatoms. The summed E-state index contributed by atoms with van der Waals surface area (Å²) in [5.74, 6) is 0.726. The number of benzene rings is 1. The first-order valence-corrected chi connectivity index (χ1v) is 7.27. The van der Waals surface area contributed by atoms with Crippen LogP contribution < -0.4 is 15.4 Å². The van der Waals surface area contributed by atoms with Gasteiger partial charge in [0.2, 0.25) is 0 Å². The van der Waals surface area contributed by atoms with E-state index in [1.54, 1.807) is 0 Å². The maximum Gasteiger partial charge on any atom is 0.325 e. The molecule has 6 nitrogen and oxygen atoms in total. The Hall–Kier alpha value is -2.08. The molecule has 2 fully saturated rings. The Morgan fingerprint density at radius 2 is 2.19 bits per heavy atom. The van der Waals surface area contributed by atoms with E-state index in [0.29, 0.717) is 19.5 Å². The van der Waals surface area contributed by atoms with Gasteiger partial charge in [-0.1, -0.05) is 18.2 Å². The average molecular weight is 287 g/mol. The molecule has 1 aromatic carbocycles. The number of amides is 3. The van der Waals surface area contributed by atoms with Crippen molar-refractivity contribution in [3.8, 4) is 5.75 Å². The van der Waals surface area contributed by atoms with E-state index in [9.17, 15) is 9.59 Å². The molecule has 2 atom stereocenters. The van der Waals surface area contributed by atoms with Crippen molar-refractivity contribution >= 4 is 11.9 Å². The van der Waals surface area contributed by atoms with Crippen LogP contribution in [0.2, 0.25) is 0 Å². The standard InChI is InChI=1S/C15H17N3O3/c19-13-15(5-6-16-9-15)17-14(20)18(13)8-11-7-10-3-1-2-4-12(10)21-11/h1-4,11,16H,5-9H2,(H,17,20). The fraction of sp³-hybridized carbons (Fsp3) is 0.467. The third kappa shape index (κ3) is 1.90. The molecule has 3 aliphatic rings. The summed E-state index contributed by atoms with van der Waals surface area (Å²) in [7, 11) is 0. The van der Waals surface area contributed by atoms with Gasteiger partial charge < -0.3 is 15.4 Å². The molecule has 1 spiro atoms. The van der Waals surface area contributed by atoms with Gasteiger partial charge in [0.05, 0.1) is 6.54 Å². The predicted octanol–water partition coefficient (Wildman–Crippen LogP) is 0.274. The van der Waals surface area contributed by atoms with Crippen LogP contribution in [0.5, 0.6) is 5.75 Å². The number of hydrogen-bond acceptors (Lipinski definition) is 4. The van der Waals surface area contributed by atoms with Crippen LogP contribution in [-0.4, -0.2) is 48.1 Å². The lowest BCUT2D eigenvalue weighted by atomic mass is 9.99. The third-order valence-electron chi connectivity index (χ3n) is 4.50. The lowest BCUT2D eigenvalue weighted by Gasteiger charge is -2.21. The zero-order chi connectivity index (χ0) is 14.4. The minimum atomic E-state index is -0.734. The van der Waals surface area contributed by atoms with Crippen molar-refractivity contribution in [1.82, 2.24) is 15.5 Å². The number of ether oxygens (including phenoxy) is 1. The molecule has 3 heterocycles. The Bertz CT molecular complexity index is 585. The first kappa shape index (κ1) is 12.6. The minimum absolute atomic E-state index is 0.128. The number of nitrogens with zero attached hydrogens (tertiary/aromatic N) is 1. The molecule has 0 radical (unpaired) electrons. The van der Waals surface area contributed by atoms with Crippen molar-refractivity contribution in [1.29, 1.82) is 0 Å². The molecule has 2 saturated heterocycles. The van der Waals surface area contributed by atoms with Crippen molar-refractivity contribution < 1.29 is 14.3 Å². The largest absolute Gasteiger partial charge is 0.488 e. The second kappa shape index (κ2) is 4.46. The fourth-order valence-electron chi connectivity index (χ4n) is 3.38. The number of urea groups is 1. The van der Waals surface area contributed by atoms with Gasteiger partial charge in [-0.3, -0.25) is 9.69 Å². The summed E-state index contributed by atoms with van der Waals surface area (Å²) >= 11 is 0. The monoisotopic (exact) mass is 287 g/mol. The average Bonchev–Trinajstić information content (AvgIpc) is 3.14. The summed E-state index contributed by atoms with van der Waals surface area (Å²) in [6, 6.07) is 7.53. The van der Waals surface area contributed by atoms with Gasteiger partial charge in [0, 0.05) is 13.0 Å². The summed E-state index contributed by atoms with van der Waals surface area (Å²) in [4.78, 5) is 26.0. The second-order valence-electron chi connectivity index (χ2n) is 5.91. The number of hydrogen-bond donors (Lipinski definition) is 2. The van der Waals surface area contributed by atoms with Crippen molar-refractivity contribution in [2.24, 2.45) is 0 Å². The predicted molar refractivity (Wildman–Crippen MR) is 75.0 cm³/mol. The molecule has 0 aliphatic carbocycles. The van der Waals surface area contributed by atoms with E-state index in [-0.39, 0.29) is 18.0 Å². The number of rotatable bonds is 2. The highest BCUT2D eigenvalue weighted by Crippen LogP contribution is 2.30. The van der Waals surface area contributed by atoms with Gasteiger partial charge in [-0.25, -0.2) is 4.79 Å². The third-order valence-corrected chi connectivity index (χ3v) is 4.50. The maximum absolute atomic E-state index is 12.5. The highest BCUT2D eigenvalue weighted by Gasteiger charge is 2.53. The SMILES string of the molecule is O=C1NC2(CCNC2)C(=O)N1CC1Cc2ccccc2O1. The van der Waals surface area contributed by atoms with Gasteiger partial charge in [0.1, 0.15) is 17.4 Å². The van der Waals surface area contributed by atoms with Crippen LogP contribution in [0.1, 0.15) is 12.0 Å². The molecule has 2 unspecified atom stereocenters. The molecular weight excluding hydrogens is 270 g/mol. The summed E-state index contributed by atoms with van der Waals surface area (Å²) in [6.07, 6.45) is 1.24. The summed E-state index contributed by atoms with van der Waals surface area (Å²) in [5, 5.41) is 5.98. The molecule has 0 bridgehead atoms. The molecule has 2 N–H and O–H groups in total. The number of imide groups is 1. The number of carbonyl (C=O) groups excluding carboxylic acids is 2. The Morgan fingerprint density at radius 1 is 1.33 bits per heavy atom. The lowest BCUT2D eigenvalue weighted by Crippen LogP contribution is -2.49. The minimum Gasteiger partial charge on any atom is -0.488 e. The van der Waals surface area contributed by atoms with E-state index >= 15 is 0 Å². The summed E-state index contributed by atoms with van der Waals surface area (Å²) in [5.41, 5.74) is 0.398. The Morgan fingerprint density at radius 3 is 2.95 bits per heavy atom. The molecule has 1 aromatic rings. The van der Waals surface area contributed by atoms with E-state index < -0.39 is 5.54 Å². The van der Waals surface area contributed by atoms with Gasteiger partial charge in [0.25, 0.3) is 5.91 Å². The molecule has 4 rings (SSSR count). The number of fused-ring (bicyclic) bond motifs is 1. The van der Waals surface area contributed by atoms with Crippen LogP contribution in [0.25, 0.3) is 0 Å². The second-order valence-corrected chi connectivity index (χ2v) is 5.91. The van der Waals surface area contributed by atoms with Crippen LogP contribution in [0, 0.1) is 0 Å². The van der Waals surface area contributed by atoms with Crippen LogP contribution in [0.3, 0.4) is 0 Å². The van der Waals surface area contributed by atoms with Crippen molar-refractivity contribution in [2.75, 3.05) is 19.6 Å². The number of carbonyl (C=O) groups is 2. The van der Waals surface area contributed by atoms with Crippen LogP contribution >= 0.6 is 0 Å². The number of para-hydroxylation sites is 1. The fourth-order valence-corrected chi connectivity index (χ4v) is 3.38. The molecule has 3 amide bonds. The Balaban J connectivity index is 1.49. The quantitative estimate of drug-likeness (QED) is 0.766. The van der Waals surface area contributed by atoms with Gasteiger partial charge in [0.15, 0.2) is 0 Å². The lowest BCUT2D eigenvalue weighted by molar-refractivity contribution is -0.131. The highest BCUT2D eigenvalue weighted by atomic mass is 16.5. The van der Waals surface area contributed by atoms with Gasteiger partial charge in [-0.2, -0.15) is 0 Å². The molecule has 3 aliphatic heterocycles. The van der Waals surface area contributed by atoms with Crippen molar-refractivity contribution in [3.05, 3.63) is 29.8 Å². The molecule has 0 saturated carbocycles.